The zero-order valence-electron chi connectivity index (χ0n) is 17.1. The predicted octanol–water partition coefficient (Wildman–Crippen LogP) is 3.17. The van der Waals surface area contributed by atoms with Crippen molar-refractivity contribution in [2.75, 3.05) is 32.7 Å². The molecule has 0 unspecified atom stereocenters. The molecule has 2 heterocycles. The van der Waals surface area contributed by atoms with E-state index in [-0.39, 0.29) is 11.6 Å². The van der Waals surface area contributed by atoms with Gasteiger partial charge in [0.15, 0.2) is 0 Å². The van der Waals surface area contributed by atoms with E-state index in [4.69, 9.17) is 5.73 Å². The molecule has 1 saturated carbocycles. The molecule has 0 bridgehead atoms. The van der Waals surface area contributed by atoms with Crippen LogP contribution in [0.5, 0.6) is 0 Å². The smallest absolute Gasteiger partial charge is 0.250 e. The first kappa shape index (κ1) is 19.4. The Hall–Kier alpha value is -1.92. The third-order valence-corrected chi connectivity index (χ3v) is 6.72. The summed E-state index contributed by atoms with van der Waals surface area (Å²) in [4.78, 5) is 22.0. The summed E-state index contributed by atoms with van der Waals surface area (Å²) in [5.74, 6) is -0.373. The SMILES string of the molecule is CCCCN1CCN(C2(n3cnc4cccc(C(N)=O)c43)CCCCC2)CC1. The van der Waals surface area contributed by atoms with Gasteiger partial charge in [0, 0.05) is 26.2 Å². The number of benzene rings is 1. The molecule has 0 spiro atoms. The Morgan fingerprint density at radius 3 is 2.57 bits per heavy atom. The summed E-state index contributed by atoms with van der Waals surface area (Å²) in [5, 5.41) is 0. The summed E-state index contributed by atoms with van der Waals surface area (Å²) >= 11 is 0. The second-order valence-corrected chi connectivity index (χ2v) is 8.38. The predicted molar refractivity (Wildman–Crippen MR) is 112 cm³/mol. The first-order chi connectivity index (χ1) is 13.7. The molecule has 2 aromatic rings. The molecule has 1 saturated heterocycles. The molecule has 2 N–H and O–H groups in total. The fraction of sp³-hybridized carbons (Fsp3) is 0.636. The maximum Gasteiger partial charge on any atom is 0.250 e. The molecule has 2 aliphatic rings. The van der Waals surface area contributed by atoms with Crippen LogP contribution in [-0.2, 0) is 5.66 Å². The van der Waals surface area contributed by atoms with Crippen molar-refractivity contribution in [1.82, 2.24) is 19.4 Å². The van der Waals surface area contributed by atoms with Crippen molar-refractivity contribution in [3.05, 3.63) is 30.1 Å². The number of hydrogen-bond acceptors (Lipinski definition) is 4. The average molecular weight is 384 g/mol. The van der Waals surface area contributed by atoms with E-state index < -0.39 is 0 Å². The summed E-state index contributed by atoms with van der Waals surface area (Å²) < 4.78 is 2.29. The Bertz CT molecular complexity index is 815. The highest BCUT2D eigenvalue weighted by molar-refractivity contribution is 6.04. The van der Waals surface area contributed by atoms with Gasteiger partial charge < -0.3 is 15.2 Å². The first-order valence-corrected chi connectivity index (χ1v) is 10.9. The normalized spacial score (nSPS) is 21.2. The maximum absolute atomic E-state index is 12.1. The Balaban J connectivity index is 1.70. The van der Waals surface area contributed by atoms with Crippen LogP contribution in [0.1, 0.15) is 62.2 Å². The second kappa shape index (κ2) is 8.21. The Morgan fingerprint density at radius 2 is 1.89 bits per heavy atom. The van der Waals surface area contributed by atoms with Crippen LogP contribution < -0.4 is 5.73 Å². The van der Waals surface area contributed by atoms with Crippen LogP contribution in [0, 0.1) is 0 Å². The highest BCUT2D eigenvalue weighted by Gasteiger charge is 2.42. The lowest BCUT2D eigenvalue weighted by molar-refractivity contribution is -0.0435. The third-order valence-electron chi connectivity index (χ3n) is 6.72. The first-order valence-electron chi connectivity index (χ1n) is 10.9. The van der Waals surface area contributed by atoms with E-state index in [1.165, 1.54) is 38.6 Å². The van der Waals surface area contributed by atoms with Gasteiger partial charge >= 0.3 is 0 Å². The van der Waals surface area contributed by atoms with Crippen LogP contribution in [0.15, 0.2) is 24.5 Å². The van der Waals surface area contributed by atoms with E-state index >= 15 is 0 Å². The number of nitrogens with two attached hydrogens (primary N) is 1. The summed E-state index contributed by atoms with van der Waals surface area (Å²) in [6.07, 6.45) is 10.4. The van der Waals surface area contributed by atoms with Gasteiger partial charge in [-0.25, -0.2) is 4.98 Å². The van der Waals surface area contributed by atoms with Gasteiger partial charge in [-0.15, -0.1) is 0 Å². The number of amides is 1. The number of imidazole rings is 1. The number of hydrogen-bond donors (Lipinski definition) is 1. The quantitative estimate of drug-likeness (QED) is 0.832. The van der Waals surface area contributed by atoms with E-state index in [1.807, 2.05) is 24.5 Å². The molecular weight excluding hydrogens is 350 g/mol. The number of unbranched alkanes of at least 4 members (excludes halogenated alkanes) is 1. The summed E-state index contributed by atoms with van der Waals surface area (Å²) in [6, 6.07) is 5.69. The van der Waals surface area contributed by atoms with E-state index in [9.17, 15) is 4.79 Å². The van der Waals surface area contributed by atoms with E-state index in [2.05, 4.69) is 26.3 Å². The standard InChI is InChI=1S/C22H33N5O/c1-2-3-12-25-13-15-26(16-14-25)22(10-5-4-6-11-22)27-17-24-19-9-7-8-18(20(19)27)21(23)28/h7-9,17H,2-6,10-16H2,1H3,(H2,23,28). The molecule has 1 aliphatic carbocycles. The second-order valence-electron chi connectivity index (χ2n) is 8.38. The zero-order chi connectivity index (χ0) is 19.6. The number of nitrogens with zero attached hydrogens (tertiary/aromatic N) is 4. The molecule has 152 valence electrons. The number of aromatic nitrogens is 2. The summed E-state index contributed by atoms with van der Waals surface area (Å²) in [5.41, 5.74) is 7.99. The van der Waals surface area contributed by atoms with Gasteiger partial charge in [-0.1, -0.05) is 25.8 Å². The minimum absolute atomic E-state index is 0.0879. The number of primary amides is 1. The van der Waals surface area contributed by atoms with E-state index in [0.29, 0.717) is 5.56 Å². The Labute approximate surface area is 167 Å². The molecule has 1 aliphatic heterocycles. The van der Waals surface area contributed by atoms with Crippen molar-refractivity contribution in [3.8, 4) is 0 Å². The average Bonchev–Trinajstić information content (AvgIpc) is 3.18. The van der Waals surface area contributed by atoms with Crippen LogP contribution in [0.25, 0.3) is 11.0 Å². The van der Waals surface area contributed by atoms with Gasteiger partial charge in [0.05, 0.1) is 28.6 Å². The molecule has 1 aromatic heterocycles. The number of piperazine rings is 1. The van der Waals surface area contributed by atoms with Crippen LogP contribution in [-0.4, -0.2) is 58.0 Å². The highest BCUT2D eigenvalue weighted by atomic mass is 16.1. The molecule has 6 nitrogen and oxygen atoms in total. The molecule has 1 aromatic carbocycles. The minimum Gasteiger partial charge on any atom is -0.366 e. The van der Waals surface area contributed by atoms with Crippen molar-refractivity contribution in [1.29, 1.82) is 0 Å². The largest absolute Gasteiger partial charge is 0.366 e. The Kier molecular flexibility index (Phi) is 5.69. The molecule has 6 heteroatoms. The molecule has 4 rings (SSSR count). The van der Waals surface area contributed by atoms with Crippen LogP contribution in [0.2, 0.25) is 0 Å². The third kappa shape index (κ3) is 3.44. The van der Waals surface area contributed by atoms with Gasteiger partial charge in [-0.2, -0.15) is 0 Å². The van der Waals surface area contributed by atoms with Crippen LogP contribution in [0.4, 0.5) is 0 Å². The molecular formula is C22H33N5O. The Morgan fingerprint density at radius 1 is 1.14 bits per heavy atom. The summed E-state index contributed by atoms with van der Waals surface area (Å²) in [6.45, 7) is 7.85. The molecule has 0 atom stereocenters. The fourth-order valence-corrected chi connectivity index (χ4v) is 5.18. The van der Waals surface area contributed by atoms with Crippen molar-refractivity contribution >= 4 is 16.9 Å². The van der Waals surface area contributed by atoms with Crippen molar-refractivity contribution in [2.24, 2.45) is 5.73 Å². The van der Waals surface area contributed by atoms with E-state index in [0.717, 1.165) is 50.1 Å². The van der Waals surface area contributed by atoms with Crippen molar-refractivity contribution in [2.45, 2.75) is 57.5 Å². The van der Waals surface area contributed by atoms with Crippen molar-refractivity contribution < 1.29 is 4.79 Å². The lowest BCUT2D eigenvalue weighted by Gasteiger charge is -2.50. The van der Waals surface area contributed by atoms with Crippen LogP contribution >= 0.6 is 0 Å². The van der Waals surface area contributed by atoms with Gasteiger partial charge in [0.25, 0.3) is 5.91 Å². The topological polar surface area (TPSA) is 67.4 Å². The van der Waals surface area contributed by atoms with Gasteiger partial charge in [-0.05, 0) is 50.8 Å². The minimum atomic E-state index is -0.373. The maximum atomic E-state index is 12.1. The van der Waals surface area contributed by atoms with Gasteiger partial charge in [0.2, 0.25) is 0 Å². The van der Waals surface area contributed by atoms with Crippen molar-refractivity contribution in [3.63, 3.8) is 0 Å². The highest BCUT2D eigenvalue weighted by Crippen LogP contribution is 2.41. The number of carbonyl (C=O) groups excluding carboxylic acids is 1. The number of para-hydroxylation sites is 1. The van der Waals surface area contributed by atoms with Gasteiger partial charge in [0.1, 0.15) is 0 Å². The lowest BCUT2D eigenvalue weighted by Crippen LogP contribution is -2.58. The monoisotopic (exact) mass is 383 g/mol. The zero-order valence-corrected chi connectivity index (χ0v) is 17.1. The molecule has 2 fully saturated rings. The fourth-order valence-electron chi connectivity index (χ4n) is 5.18. The molecule has 1 amide bonds. The van der Waals surface area contributed by atoms with E-state index in [1.54, 1.807) is 0 Å². The summed E-state index contributed by atoms with van der Waals surface area (Å²) in [7, 11) is 0. The molecule has 0 radical (unpaired) electrons. The van der Waals surface area contributed by atoms with Crippen LogP contribution in [0.3, 0.4) is 0 Å². The lowest BCUT2D eigenvalue weighted by atomic mass is 9.86. The number of rotatable bonds is 6. The van der Waals surface area contributed by atoms with Gasteiger partial charge in [-0.3, -0.25) is 9.69 Å². The molecule has 28 heavy (non-hydrogen) atoms. The number of fused-ring (bicyclic) bond motifs is 1. The number of carbonyl (C=O) groups is 1.